The van der Waals surface area contributed by atoms with E-state index in [1.807, 2.05) is 0 Å². The molecule has 2 fully saturated rings. The van der Waals surface area contributed by atoms with E-state index in [0.29, 0.717) is 11.7 Å². The second-order valence-electron chi connectivity index (χ2n) is 7.02. The number of nitrogens with one attached hydrogen (secondary N) is 1. The first-order valence-corrected chi connectivity index (χ1v) is 9.22. The Balaban J connectivity index is 1.49. The van der Waals surface area contributed by atoms with Crippen LogP contribution in [0.4, 0.5) is 5.69 Å². The van der Waals surface area contributed by atoms with Crippen LogP contribution in [-0.4, -0.2) is 40.4 Å². The molecule has 0 unspecified atom stereocenters. The van der Waals surface area contributed by atoms with Crippen LogP contribution in [0.5, 0.6) is 0 Å². The molecule has 1 aromatic rings. The quantitative estimate of drug-likeness (QED) is 0.917. The summed E-state index contributed by atoms with van der Waals surface area (Å²) in [4.78, 5) is 14.4. The van der Waals surface area contributed by atoms with Gasteiger partial charge in [0.15, 0.2) is 0 Å². The molecule has 1 aromatic heterocycles. The van der Waals surface area contributed by atoms with Crippen molar-refractivity contribution < 1.29 is 0 Å². The Kier molecular flexibility index (Phi) is 5.59. The third-order valence-electron chi connectivity index (χ3n) is 5.27. The molecule has 0 radical (unpaired) electrons. The number of aromatic nitrogens is 2. The number of nitrogens with zero attached hydrogens (tertiary/aromatic N) is 3. The molecule has 0 bridgehead atoms. The molecular formula is C17H27ClN4O. The fraction of sp³-hybridized carbons (Fsp3) is 0.765. The van der Waals surface area contributed by atoms with E-state index in [-0.39, 0.29) is 10.6 Å². The largest absolute Gasteiger partial charge is 0.380 e. The van der Waals surface area contributed by atoms with Crippen molar-refractivity contribution in [3.05, 3.63) is 21.6 Å². The van der Waals surface area contributed by atoms with Crippen LogP contribution in [0, 0.1) is 5.92 Å². The maximum absolute atomic E-state index is 11.8. The van der Waals surface area contributed by atoms with Crippen LogP contribution in [-0.2, 0) is 7.05 Å². The van der Waals surface area contributed by atoms with Gasteiger partial charge in [-0.2, -0.15) is 5.10 Å². The second kappa shape index (κ2) is 7.67. The van der Waals surface area contributed by atoms with Crippen LogP contribution in [0.1, 0.15) is 44.9 Å². The Morgan fingerprint density at radius 3 is 2.61 bits per heavy atom. The molecule has 5 nitrogen and oxygen atoms in total. The monoisotopic (exact) mass is 338 g/mol. The van der Waals surface area contributed by atoms with Gasteiger partial charge in [0, 0.05) is 32.7 Å². The van der Waals surface area contributed by atoms with Crippen LogP contribution in [0.15, 0.2) is 11.0 Å². The maximum Gasteiger partial charge on any atom is 0.287 e. The van der Waals surface area contributed by atoms with Gasteiger partial charge >= 0.3 is 0 Å². The summed E-state index contributed by atoms with van der Waals surface area (Å²) in [6, 6.07) is 0.379. The first-order valence-electron chi connectivity index (χ1n) is 8.84. The van der Waals surface area contributed by atoms with Gasteiger partial charge < -0.3 is 10.2 Å². The van der Waals surface area contributed by atoms with Crippen molar-refractivity contribution >= 4 is 17.3 Å². The van der Waals surface area contributed by atoms with Crippen LogP contribution >= 0.6 is 11.6 Å². The lowest BCUT2D eigenvalue weighted by Crippen LogP contribution is -2.41. The van der Waals surface area contributed by atoms with E-state index in [1.165, 1.54) is 43.3 Å². The van der Waals surface area contributed by atoms with E-state index in [2.05, 4.69) is 15.3 Å². The molecule has 0 amide bonds. The molecule has 6 heteroatoms. The highest BCUT2D eigenvalue weighted by Crippen LogP contribution is 2.26. The first-order chi connectivity index (χ1) is 11.1. The van der Waals surface area contributed by atoms with Gasteiger partial charge in [-0.3, -0.25) is 4.79 Å². The number of likely N-dealkylation sites (tertiary alicyclic amines) is 1. The molecule has 1 aliphatic heterocycles. The minimum atomic E-state index is -0.244. The zero-order chi connectivity index (χ0) is 16.2. The third kappa shape index (κ3) is 4.27. The SMILES string of the molecule is Cn1ncc(NC2CCN(CC3CCCCC3)CC2)c(Cl)c1=O. The predicted molar refractivity (Wildman–Crippen MR) is 94.1 cm³/mol. The number of hydrogen-bond donors (Lipinski definition) is 1. The van der Waals surface area contributed by atoms with E-state index in [0.717, 1.165) is 31.8 Å². The number of anilines is 1. The highest BCUT2D eigenvalue weighted by Gasteiger charge is 2.23. The van der Waals surface area contributed by atoms with Gasteiger partial charge in [0.2, 0.25) is 0 Å². The summed E-state index contributed by atoms with van der Waals surface area (Å²) >= 11 is 6.13. The van der Waals surface area contributed by atoms with E-state index >= 15 is 0 Å². The van der Waals surface area contributed by atoms with E-state index in [4.69, 9.17) is 11.6 Å². The molecule has 2 heterocycles. The molecule has 0 atom stereocenters. The zero-order valence-electron chi connectivity index (χ0n) is 13.9. The fourth-order valence-electron chi connectivity index (χ4n) is 3.83. The van der Waals surface area contributed by atoms with E-state index < -0.39 is 0 Å². The van der Waals surface area contributed by atoms with Crippen LogP contribution < -0.4 is 10.9 Å². The van der Waals surface area contributed by atoms with Gasteiger partial charge in [-0.05, 0) is 31.6 Å². The van der Waals surface area contributed by atoms with Crippen molar-refractivity contribution in [2.45, 2.75) is 51.0 Å². The molecule has 1 saturated carbocycles. The molecule has 1 saturated heterocycles. The number of hydrogen-bond acceptors (Lipinski definition) is 4. The predicted octanol–water partition coefficient (Wildman–Crippen LogP) is 2.89. The van der Waals surface area contributed by atoms with Gasteiger partial charge in [-0.1, -0.05) is 30.9 Å². The van der Waals surface area contributed by atoms with Crippen molar-refractivity contribution in [1.82, 2.24) is 14.7 Å². The molecule has 128 valence electrons. The number of rotatable bonds is 4. The smallest absolute Gasteiger partial charge is 0.287 e. The summed E-state index contributed by atoms with van der Waals surface area (Å²) in [6.45, 7) is 3.52. The summed E-state index contributed by atoms with van der Waals surface area (Å²) in [7, 11) is 1.61. The van der Waals surface area contributed by atoms with Crippen LogP contribution in [0.2, 0.25) is 5.02 Å². The third-order valence-corrected chi connectivity index (χ3v) is 5.63. The summed E-state index contributed by atoms with van der Waals surface area (Å²) < 4.78 is 1.26. The number of piperidine rings is 1. The molecular weight excluding hydrogens is 312 g/mol. The molecule has 0 spiro atoms. The normalized spacial score (nSPS) is 21.5. The van der Waals surface area contributed by atoms with Crippen molar-refractivity contribution in [1.29, 1.82) is 0 Å². The lowest BCUT2D eigenvalue weighted by molar-refractivity contribution is 0.168. The fourth-order valence-corrected chi connectivity index (χ4v) is 4.05. The summed E-state index contributed by atoms with van der Waals surface area (Å²) in [5.74, 6) is 0.907. The van der Waals surface area contributed by atoms with Gasteiger partial charge in [-0.25, -0.2) is 4.68 Å². The topological polar surface area (TPSA) is 50.2 Å². The van der Waals surface area contributed by atoms with Crippen molar-refractivity contribution in [2.75, 3.05) is 25.0 Å². The Bertz CT molecular complexity index is 574. The number of halogens is 1. The van der Waals surface area contributed by atoms with Crippen molar-refractivity contribution in [2.24, 2.45) is 13.0 Å². The van der Waals surface area contributed by atoms with Gasteiger partial charge in [-0.15, -0.1) is 0 Å². The second-order valence-corrected chi connectivity index (χ2v) is 7.40. The lowest BCUT2D eigenvalue weighted by Gasteiger charge is -2.35. The minimum Gasteiger partial charge on any atom is -0.380 e. The van der Waals surface area contributed by atoms with Crippen molar-refractivity contribution in [3.8, 4) is 0 Å². The minimum absolute atomic E-state index is 0.243. The highest BCUT2D eigenvalue weighted by molar-refractivity contribution is 6.32. The Morgan fingerprint density at radius 2 is 1.91 bits per heavy atom. The summed E-state index contributed by atoms with van der Waals surface area (Å²) in [5, 5.41) is 7.69. The molecule has 0 aromatic carbocycles. The molecule has 23 heavy (non-hydrogen) atoms. The lowest BCUT2D eigenvalue weighted by atomic mass is 9.88. The first kappa shape index (κ1) is 16.8. The average molecular weight is 339 g/mol. The molecule has 1 N–H and O–H groups in total. The number of aryl methyl sites for hydroxylation is 1. The molecule has 2 aliphatic rings. The average Bonchev–Trinajstić information content (AvgIpc) is 2.58. The molecule has 3 rings (SSSR count). The Labute approximate surface area is 143 Å². The summed E-state index contributed by atoms with van der Waals surface area (Å²) in [5.41, 5.74) is 0.423. The van der Waals surface area contributed by atoms with Crippen LogP contribution in [0.25, 0.3) is 0 Å². The standard InChI is InChI=1S/C17H27ClN4O/c1-21-17(23)16(18)15(11-19-21)20-14-7-9-22(10-8-14)12-13-5-3-2-4-6-13/h11,13-14,20H,2-10,12H2,1H3. The van der Waals surface area contributed by atoms with Gasteiger partial charge in [0.1, 0.15) is 5.02 Å². The van der Waals surface area contributed by atoms with E-state index in [9.17, 15) is 4.79 Å². The summed E-state index contributed by atoms with van der Waals surface area (Å²) in [6.07, 6.45) is 10.9. The zero-order valence-corrected chi connectivity index (χ0v) is 14.7. The van der Waals surface area contributed by atoms with Crippen LogP contribution in [0.3, 0.4) is 0 Å². The Hall–Kier alpha value is -1.07. The Morgan fingerprint density at radius 1 is 1.22 bits per heavy atom. The molecule has 1 aliphatic carbocycles. The highest BCUT2D eigenvalue weighted by atomic mass is 35.5. The van der Waals surface area contributed by atoms with E-state index in [1.54, 1.807) is 13.2 Å². The van der Waals surface area contributed by atoms with Gasteiger partial charge in [0.05, 0.1) is 11.9 Å². The maximum atomic E-state index is 11.8. The van der Waals surface area contributed by atoms with Crippen molar-refractivity contribution in [3.63, 3.8) is 0 Å². The van der Waals surface area contributed by atoms with Gasteiger partial charge in [0.25, 0.3) is 5.56 Å².